The van der Waals surface area contributed by atoms with Crippen LogP contribution in [0.5, 0.6) is 0 Å². The van der Waals surface area contributed by atoms with Crippen molar-refractivity contribution < 1.29 is 4.74 Å². The molecule has 1 atom stereocenters. The number of hydrogen-bond acceptors (Lipinski definition) is 3. The molecule has 1 aliphatic rings. The van der Waals surface area contributed by atoms with Gasteiger partial charge in [0.25, 0.3) is 0 Å². The van der Waals surface area contributed by atoms with E-state index in [1.807, 2.05) is 6.92 Å². The number of hydrazine groups is 1. The highest BCUT2D eigenvalue weighted by Crippen LogP contribution is 2.27. The van der Waals surface area contributed by atoms with Gasteiger partial charge >= 0.3 is 0 Å². The highest BCUT2D eigenvalue weighted by molar-refractivity contribution is 4.77. The molecular formula is C11H24N2O. The molecule has 1 rings (SSSR count). The fourth-order valence-electron chi connectivity index (χ4n) is 2.35. The zero-order valence-electron chi connectivity index (χ0n) is 9.30. The summed E-state index contributed by atoms with van der Waals surface area (Å²) in [7, 11) is 0. The van der Waals surface area contributed by atoms with Crippen LogP contribution in [0.3, 0.4) is 0 Å². The molecule has 0 aromatic carbocycles. The first-order valence-corrected chi connectivity index (χ1v) is 5.92. The van der Waals surface area contributed by atoms with Crippen LogP contribution < -0.4 is 11.3 Å². The Hall–Kier alpha value is -0.120. The zero-order chi connectivity index (χ0) is 10.2. The molecule has 0 aliphatic heterocycles. The van der Waals surface area contributed by atoms with Gasteiger partial charge in [-0.25, -0.2) is 0 Å². The van der Waals surface area contributed by atoms with E-state index in [0.717, 1.165) is 25.6 Å². The lowest BCUT2D eigenvalue weighted by Gasteiger charge is -2.29. The molecule has 0 aromatic heterocycles. The van der Waals surface area contributed by atoms with Gasteiger partial charge in [-0.1, -0.05) is 19.3 Å². The molecule has 1 aliphatic carbocycles. The fraction of sp³-hybridized carbons (Fsp3) is 1.00. The van der Waals surface area contributed by atoms with Gasteiger partial charge in [-0.3, -0.25) is 11.3 Å². The third kappa shape index (κ3) is 3.95. The molecule has 0 bridgehead atoms. The lowest BCUT2D eigenvalue weighted by atomic mass is 9.83. The minimum atomic E-state index is 0.460. The molecule has 3 N–H and O–H groups in total. The smallest absolute Gasteiger partial charge is 0.0481 e. The second-order valence-corrected chi connectivity index (χ2v) is 4.16. The van der Waals surface area contributed by atoms with E-state index in [1.165, 1.54) is 32.1 Å². The molecule has 0 amide bonds. The minimum Gasteiger partial charge on any atom is -0.382 e. The molecule has 14 heavy (non-hydrogen) atoms. The molecule has 0 radical (unpaired) electrons. The predicted molar refractivity (Wildman–Crippen MR) is 58.8 cm³/mol. The van der Waals surface area contributed by atoms with Crippen molar-refractivity contribution in [2.75, 3.05) is 13.2 Å². The Morgan fingerprint density at radius 3 is 2.64 bits per heavy atom. The first-order chi connectivity index (χ1) is 6.88. The van der Waals surface area contributed by atoms with Crippen molar-refractivity contribution in [3.63, 3.8) is 0 Å². The highest BCUT2D eigenvalue weighted by atomic mass is 16.5. The van der Waals surface area contributed by atoms with E-state index < -0.39 is 0 Å². The summed E-state index contributed by atoms with van der Waals surface area (Å²) >= 11 is 0. The lowest BCUT2D eigenvalue weighted by Crippen LogP contribution is -2.42. The zero-order valence-corrected chi connectivity index (χ0v) is 9.30. The van der Waals surface area contributed by atoms with Crippen LogP contribution in [0.15, 0.2) is 0 Å². The molecule has 0 aromatic rings. The summed E-state index contributed by atoms with van der Waals surface area (Å²) in [4.78, 5) is 0. The molecule has 3 nitrogen and oxygen atoms in total. The SMILES string of the molecule is CCOCCC(NN)C1CCCCC1. The Morgan fingerprint density at radius 1 is 1.36 bits per heavy atom. The largest absolute Gasteiger partial charge is 0.382 e. The van der Waals surface area contributed by atoms with Crippen molar-refractivity contribution >= 4 is 0 Å². The third-order valence-corrected chi connectivity index (χ3v) is 3.21. The Morgan fingerprint density at radius 2 is 2.07 bits per heavy atom. The lowest BCUT2D eigenvalue weighted by molar-refractivity contribution is 0.123. The molecular weight excluding hydrogens is 176 g/mol. The normalized spacial score (nSPS) is 21.0. The van der Waals surface area contributed by atoms with Crippen molar-refractivity contribution in [1.29, 1.82) is 0 Å². The van der Waals surface area contributed by atoms with Gasteiger partial charge in [0.05, 0.1) is 0 Å². The van der Waals surface area contributed by atoms with Crippen molar-refractivity contribution in [3.8, 4) is 0 Å². The van der Waals surface area contributed by atoms with E-state index in [9.17, 15) is 0 Å². The van der Waals surface area contributed by atoms with Crippen molar-refractivity contribution in [3.05, 3.63) is 0 Å². The molecule has 3 heteroatoms. The Kier molecular flexibility index (Phi) is 6.15. The maximum atomic E-state index is 5.58. The van der Waals surface area contributed by atoms with Crippen LogP contribution in [-0.4, -0.2) is 19.3 Å². The van der Waals surface area contributed by atoms with E-state index in [2.05, 4.69) is 5.43 Å². The number of nitrogens with one attached hydrogen (secondary N) is 1. The summed E-state index contributed by atoms with van der Waals surface area (Å²) in [6.07, 6.45) is 7.87. The summed E-state index contributed by atoms with van der Waals surface area (Å²) in [6.45, 7) is 3.68. The molecule has 0 heterocycles. The van der Waals surface area contributed by atoms with E-state index in [4.69, 9.17) is 10.6 Å². The standard InChI is InChI=1S/C11H24N2O/c1-2-14-9-8-11(13-12)10-6-4-3-5-7-10/h10-11,13H,2-9,12H2,1H3. The van der Waals surface area contributed by atoms with Crippen LogP contribution >= 0.6 is 0 Å². The highest BCUT2D eigenvalue weighted by Gasteiger charge is 2.22. The number of ether oxygens (including phenoxy) is 1. The van der Waals surface area contributed by atoms with Gasteiger partial charge < -0.3 is 4.74 Å². The van der Waals surface area contributed by atoms with Gasteiger partial charge in [0.15, 0.2) is 0 Å². The van der Waals surface area contributed by atoms with E-state index in [-0.39, 0.29) is 0 Å². The van der Waals surface area contributed by atoms with Crippen molar-refractivity contribution in [2.24, 2.45) is 11.8 Å². The molecule has 0 spiro atoms. The van der Waals surface area contributed by atoms with Crippen molar-refractivity contribution in [2.45, 2.75) is 51.5 Å². The Bertz CT molecular complexity index is 135. The third-order valence-electron chi connectivity index (χ3n) is 3.21. The maximum Gasteiger partial charge on any atom is 0.0481 e. The number of rotatable bonds is 6. The number of hydrogen-bond donors (Lipinski definition) is 2. The summed E-state index contributed by atoms with van der Waals surface area (Å²) in [5.41, 5.74) is 2.95. The van der Waals surface area contributed by atoms with Gasteiger partial charge in [-0.05, 0) is 32.1 Å². The summed E-state index contributed by atoms with van der Waals surface area (Å²) < 4.78 is 5.36. The summed E-state index contributed by atoms with van der Waals surface area (Å²) in [5.74, 6) is 6.35. The first kappa shape index (κ1) is 12.0. The van der Waals surface area contributed by atoms with Crippen LogP contribution in [0.4, 0.5) is 0 Å². The fourth-order valence-corrected chi connectivity index (χ4v) is 2.35. The van der Waals surface area contributed by atoms with Crippen LogP contribution in [0.1, 0.15) is 45.4 Å². The Balaban J connectivity index is 2.21. The van der Waals surface area contributed by atoms with Crippen LogP contribution in [-0.2, 0) is 4.74 Å². The molecule has 1 unspecified atom stereocenters. The molecule has 1 fully saturated rings. The molecule has 0 saturated heterocycles. The summed E-state index contributed by atoms with van der Waals surface area (Å²) in [6, 6.07) is 0.460. The van der Waals surface area contributed by atoms with Crippen LogP contribution in [0.2, 0.25) is 0 Å². The van der Waals surface area contributed by atoms with Gasteiger partial charge in [0.2, 0.25) is 0 Å². The predicted octanol–water partition coefficient (Wildman–Crippen LogP) is 1.83. The van der Waals surface area contributed by atoms with Gasteiger partial charge in [0, 0.05) is 19.3 Å². The van der Waals surface area contributed by atoms with E-state index in [0.29, 0.717) is 6.04 Å². The monoisotopic (exact) mass is 200 g/mol. The van der Waals surface area contributed by atoms with E-state index in [1.54, 1.807) is 0 Å². The minimum absolute atomic E-state index is 0.460. The average molecular weight is 200 g/mol. The molecule has 84 valence electrons. The number of nitrogens with two attached hydrogens (primary N) is 1. The first-order valence-electron chi connectivity index (χ1n) is 5.92. The van der Waals surface area contributed by atoms with Gasteiger partial charge in [-0.2, -0.15) is 0 Å². The Labute approximate surface area is 87.4 Å². The van der Waals surface area contributed by atoms with Gasteiger partial charge in [0.1, 0.15) is 0 Å². The van der Waals surface area contributed by atoms with Gasteiger partial charge in [-0.15, -0.1) is 0 Å². The second kappa shape index (κ2) is 7.21. The van der Waals surface area contributed by atoms with Crippen LogP contribution in [0, 0.1) is 5.92 Å². The summed E-state index contributed by atoms with van der Waals surface area (Å²) in [5, 5.41) is 0. The quantitative estimate of drug-likeness (QED) is 0.390. The average Bonchev–Trinajstić information content (AvgIpc) is 2.26. The van der Waals surface area contributed by atoms with Crippen LogP contribution in [0.25, 0.3) is 0 Å². The molecule has 1 saturated carbocycles. The van der Waals surface area contributed by atoms with E-state index >= 15 is 0 Å². The maximum absolute atomic E-state index is 5.58. The second-order valence-electron chi connectivity index (χ2n) is 4.16. The van der Waals surface area contributed by atoms with Crippen molar-refractivity contribution in [1.82, 2.24) is 5.43 Å². The topological polar surface area (TPSA) is 47.3 Å².